The number of carbonyl (C=O) groups excluding carboxylic acids is 2. The van der Waals surface area contributed by atoms with Crippen molar-refractivity contribution in [3.63, 3.8) is 0 Å². The number of fused-ring (bicyclic) bond motifs is 1. The Hall–Kier alpha value is -3.50. The Morgan fingerprint density at radius 1 is 1.15 bits per heavy atom. The van der Waals surface area contributed by atoms with Crippen molar-refractivity contribution in [3.05, 3.63) is 87.7 Å². The van der Waals surface area contributed by atoms with Crippen LogP contribution in [0.2, 0.25) is 5.02 Å². The van der Waals surface area contributed by atoms with Crippen molar-refractivity contribution in [1.29, 1.82) is 0 Å². The standard InChI is InChI=1S/C28H26ClF3N4O3/c1-15-2-8-21-22(10-15)36(27(38)28(21,39)23-9-5-18(30)13-33-23)14-16-3-6-19(7-4-16)35-26(37)20-11-17(29)12-34-24(20)25(31)32/h2,5,8-13,16,19,25,39H,3-4,6-7,14H2,1H3,(H,35,37). The summed E-state index contributed by atoms with van der Waals surface area (Å²) in [4.78, 5) is 35.5. The Kier molecular flexibility index (Phi) is 7.35. The van der Waals surface area contributed by atoms with Gasteiger partial charge in [0.15, 0.2) is 0 Å². The van der Waals surface area contributed by atoms with Crippen molar-refractivity contribution in [2.45, 2.75) is 50.7 Å². The van der Waals surface area contributed by atoms with E-state index < -0.39 is 35.4 Å². The van der Waals surface area contributed by atoms with E-state index >= 15 is 0 Å². The molecular weight excluding hydrogens is 533 g/mol. The summed E-state index contributed by atoms with van der Waals surface area (Å²) in [5.41, 5.74) is -0.965. The molecule has 1 fully saturated rings. The van der Waals surface area contributed by atoms with Gasteiger partial charge in [-0.3, -0.25) is 19.6 Å². The van der Waals surface area contributed by atoms with Crippen LogP contribution >= 0.6 is 11.6 Å². The molecule has 1 aliphatic heterocycles. The van der Waals surface area contributed by atoms with Gasteiger partial charge in [-0.25, -0.2) is 13.2 Å². The maximum Gasteiger partial charge on any atom is 0.281 e. The normalized spacial score (nSPS) is 22.7. The fourth-order valence-corrected chi connectivity index (χ4v) is 5.58. The van der Waals surface area contributed by atoms with E-state index in [1.807, 2.05) is 13.0 Å². The predicted molar refractivity (Wildman–Crippen MR) is 138 cm³/mol. The Balaban J connectivity index is 1.28. The molecule has 7 nitrogen and oxygen atoms in total. The molecule has 11 heteroatoms. The number of alkyl halides is 2. The summed E-state index contributed by atoms with van der Waals surface area (Å²) >= 11 is 5.87. The molecule has 1 unspecified atom stereocenters. The molecule has 2 aromatic heterocycles. The van der Waals surface area contributed by atoms with Crippen LogP contribution in [0.5, 0.6) is 0 Å². The van der Waals surface area contributed by atoms with Gasteiger partial charge in [0.2, 0.25) is 5.60 Å². The van der Waals surface area contributed by atoms with Crippen LogP contribution in [0.1, 0.15) is 65.0 Å². The number of aliphatic hydroxyl groups is 1. The van der Waals surface area contributed by atoms with Gasteiger partial charge in [-0.15, -0.1) is 0 Å². The minimum atomic E-state index is -2.91. The first kappa shape index (κ1) is 27.1. The van der Waals surface area contributed by atoms with E-state index in [9.17, 15) is 27.9 Å². The molecule has 1 aliphatic carbocycles. The third-order valence-corrected chi connectivity index (χ3v) is 7.65. The van der Waals surface area contributed by atoms with Crippen molar-refractivity contribution >= 4 is 29.1 Å². The van der Waals surface area contributed by atoms with Gasteiger partial charge in [-0.2, -0.15) is 0 Å². The maximum absolute atomic E-state index is 13.6. The summed E-state index contributed by atoms with van der Waals surface area (Å²) in [5.74, 6) is -1.71. The van der Waals surface area contributed by atoms with Crippen LogP contribution < -0.4 is 10.2 Å². The lowest BCUT2D eigenvalue weighted by Crippen LogP contribution is -2.45. The van der Waals surface area contributed by atoms with Crippen LogP contribution in [0, 0.1) is 18.7 Å². The Bertz CT molecular complexity index is 1410. The quantitative estimate of drug-likeness (QED) is 0.440. The SMILES string of the molecule is Cc1ccc2c(c1)N(CC1CCC(NC(=O)c3cc(Cl)cnc3C(F)F)CC1)C(=O)C2(O)c1ccc(F)cn1. The van der Waals surface area contributed by atoms with Crippen LogP contribution in [0.3, 0.4) is 0 Å². The van der Waals surface area contributed by atoms with Crippen molar-refractivity contribution in [3.8, 4) is 0 Å². The highest BCUT2D eigenvalue weighted by Crippen LogP contribution is 2.45. The van der Waals surface area contributed by atoms with Crippen LogP contribution in [-0.2, 0) is 10.4 Å². The number of hydrogen-bond acceptors (Lipinski definition) is 5. The number of halogens is 4. The average molecular weight is 559 g/mol. The van der Waals surface area contributed by atoms with E-state index in [-0.39, 0.29) is 28.2 Å². The van der Waals surface area contributed by atoms with Gasteiger partial charge in [-0.1, -0.05) is 23.7 Å². The fourth-order valence-electron chi connectivity index (χ4n) is 5.43. The molecule has 0 spiro atoms. The minimum Gasteiger partial charge on any atom is -0.370 e. The zero-order valence-corrected chi connectivity index (χ0v) is 21.8. The first-order chi connectivity index (χ1) is 18.6. The second kappa shape index (κ2) is 10.6. The van der Waals surface area contributed by atoms with Crippen LogP contribution in [-0.4, -0.2) is 39.5 Å². The number of amides is 2. The molecule has 5 rings (SSSR count). The molecule has 0 radical (unpaired) electrons. The molecule has 2 amide bonds. The van der Waals surface area contributed by atoms with E-state index in [0.29, 0.717) is 43.5 Å². The maximum atomic E-state index is 13.6. The summed E-state index contributed by atoms with van der Waals surface area (Å²) in [7, 11) is 0. The highest BCUT2D eigenvalue weighted by atomic mass is 35.5. The smallest absolute Gasteiger partial charge is 0.281 e. The fraction of sp³-hybridized carbons (Fsp3) is 0.357. The Morgan fingerprint density at radius 3 is 2.56 bits per heavy atom. The number of nitrogens with zero attached hydrogens (tertiary/aromatic N) is 3. The highest BCUT2D eigenvalue weighted by Gasteiger charge is 2.52. The lowest BCUT2D eigenvalue weighted by atomic mass is 9.85. The van der Waals surface area contributed by atoms with E-state index in [0.717, 1.165) is 24.0 Å². The number of pyridine rings is 2. The van der Waals surface area contributed by atoms with Crippen LogP contribution in [0.15, 0.2) is 48.8 Å². The number of aromatic nitrogens is 2. The summed E-state index contributed by atoms with van der Waals surface area (Å²) in [6, 6.07) is 8.74. The first-order valence-corrected chi connectivity index (χ1v) is 13.0. The molecule has 3 heterocycles. The largest absolute Gasteiger partial charge is 0.370 e. The zero-order chi connectivity index (χ0) is 27.9. The Labute approximate surface area is 228 Å². The van der Waals surface area contributed by atoms with Crippen molar-refractivity contribution in [2.75, 3.05) is 11.4 Å². The summed E-state index contributed by atoms with van der Waals surface area (Å²) in [6.07, 6.45) is 1.64. The molecule has 2 aliphatic rings. The van der Waals surface area contributed by atoms with Gasteiger partial charge in [0.05, 0.1) is 28.2 Å². The minimum absolute atomic E-state index is 0.0478. The second-order valence-corrected chi connectivity index (χ2v) is 10.5. The monoisotopic (exact) mass is 558 g/mol. The van der Waals surface area contributed by atoms with Crippen molar-refractivity contribution in [1.82, 2.24) is 15.3 Å². The third-order valence-electron chi connectivity index (χ3n) is 7.45. The van der Waals surface area contributed by atoms with Gasteiger partial charge >= 0.3 is 0 Å². The first-order valence-electron chi connectivity index (χ1n) is 12.6. The number of hydrogen-bond donors (Lipinski definition) is 2. The van der Waals surface area contributed by atoms with Crippen molar-refractivity contribution in [2.24, 2.45) is 5.92 Å². The topological polar surface area (TPSA) is 95.4 Å². The van der Waals surface area contributed by atoms with Gasteiger partial charge in [0.25, 0.3) is 18.2 Å². The summed E-state index contributed by atoms with van der Waals surface area (Å²) < 4.78 is 40.2. The third kappa shape index (κ3) is 5.10. The Morgan fingerprint density at radius 2 is 1.90 bits per heavy atom. The molecule has 1 saturated carbocycles. The molecule has 0 bridgehead atoms. The number of nitrogens with one attached hydrogen (secondary N) is 1. The van der Waals surface area contributed by atoms with E-state index in [1.54, 1.807) is 17.0 Å². The zero-order valence-electron chi connectivity index (χ0n) is 21.0. The molecule has 2 N–H and O–H groups in total. The van der Waals surface area contributed by atoms with E-state index in [4.69, 9.17) is 11.6 Å². The predicted octanol–water partition coefficient (Wildman–Crippen LogP) is 5.09. The highest BCUT2D eigenvalue weighted by molar-refractivity contribution is 6.30. The lowest BCUT2D eigenvalue weighted by Gasteiger charge is -2.32. The molecule has 39 heavy (non-hydrogen) atoms. The van der Waals surface area contributed by atoms with Crippen molar-refractivity contribution < 1.29 is 27.9 Å². The molecule has 1 atom stereocenters. The van der Waals surface area contributed by atoms with Gasteiger partial charge in [0, 0.05) is 24.3 Å². The van der Waals surface area contributed by atoms with Crippen LogP contribution in [0.25, 0.3) is 0 Å². The van der Waals surface area contributed by atoms with E-state index in [1.165, 1.54) is 12.1 Å². The number of rotatable bonds is 6. The average Bonchev–Trinajstić information content (AvgIpc) is 3.11. The molecule has 204 valence electrons. The molecule has 3 aromatic rings. The molecule has 0 saturated heterocycles. The lowest BCUT2D eigenvalue weighted by molar-refractivity contribution is -0.132. The second-order valence-electron chi connectivity index (χ2n) is 10.1. The number of anilines is 1. The van der Waals surface area contributed by atoms with Crippen LogP contribution in [0.4, 0.5) is 18.9 Å². The number of aryl methyl sites for hydroxylation is 1. The van der Waals surface area contributed by atoms with Gasteiger partial charge in [0.1, 0.15) is 11.5 Å². The summed E-state index contributed by atoms with van der Waals surface area (Å²) in [6.45, 7) is 2.23. The molecule has 1 aromatic carbocycles. The number of benzene rings is 1. The van der Waals surface area contributed by atoms with Gasteiger partial charge < -0.3 is 15.3 Å². The van der Waals surface area contributed by atoms with E-state index in [2.05, 4.69) is 15.3 Å². The number of carbonyl (C=O) groups is 2. The molecular formula is C28H26ClF3N4O3. The van der Waals surface area contributed by atoms with Gasteiger partial charge in [-0.05, 0) is 68.4 Å². The summed E-state index contributed by atoms with van der Waals surface area (Å²) in [5, 5.41) is 14.5.